The average Bonchev–Trinajstić information content (AvgIpc) is 3.07. The van der Waals surface area contributed by atoms with Crippen molar-refractivity contribution in [3.05, 3.63) is 48.3 Å². The van der Waals surface area contributed by atoms with Crippen molar-refractivity contribution >= 4 is 17.6 Å². The summed E-state index contributed by atoms with van der Waals surface area (Å²) in [6.45, 7) is 1.76. The third-order valence-corrected chi connectivity index (χ3v) is 5.23. The first-order valence-electron chi connectivity index (χ1n) is 9.82. The highest BCUT2D eigenvalue weighted by Crippen LogP contribution is 2.26. The largest absolute Gasteiger partial charge is 0.347 e. The van der Waals surface area contributed by atoms with E-state index in [0.717, 1.165) is 0 Å². The van der Waals surface area contributed by atoms with E-state index in [-0.39, 0.29) is 31.3 Å². The number of nitrogens with one attached hydrogen (secondary N) is 1. The average molecular weight is 417 g/mol. The highest BCUT2D eigenvalue weighted by molar-refractivity contribution is 5.91. The van der Waals surface area contributed by atoms with Gasteiger partial charge in [0.2, 0.25) is 5.79 Å². The molecule has 1 aromatic carbocycles. The Morgan fingerprint density at radius 1 is 1.13 bits per heavy atom. The lowest BCUT2D eigenvalue weighted by molar-refractivity contribution is -0.258. The van der Waals surface area contributed by atoms with Crippen LogP contribution in [0.1, 0.15) is 17.0 Å². The lowest BCUT2D eigenvalue weighted by Gasteiger charge is -2.42. The normalized spacial score (nSPS) is 22.1. The maximum absolute atomic E-state index is 13.9. The molecule has 2 aromatic rings. The molecule has 160 valence electrons. The fourth-order valence-electron chi connectivity index (χ4n) is 3.69. The zero-order chi connectivity index (χ0) is 21.1. The van der Waals surface area contributed by atoms with Crippen LogP contribution in [0.5, 0.6) is 0 Å². The number of hydrogen-bond donors (Lipinski definition) is 1. The van der Waals surface area contributed by atoms with E-state index in [0.29, 0.717) is 31.9 Å². The Hall–Kier alpha value is -2.98. The zero-order valence-electron chi connectivity index (χ0n) is 16.7. The molecule has 2 saturated heterocycles. The summed E-state index contributed by atoms with van der Waals surface area (Å²) in [5, 5.41) is 2.59. The second-order valence-corrected chi connectivity index (χ2v) is 7.38. The first-order valence-corrected chi connectivity index (χ1v) is 9.82. The van der Waals surface area contributed by atoms with Crippen LogP contribution in [0, 0.1) is 5.82 Å². The third-order valence-electron chi connectivity index (χ3n) is 5.23. The van der Waals surface area contributed by atoms with Crippen LogP contribution in [-0.4, -0.2) is 76.5 Å². The predicted molar refractivity (Wildman–Crippen MR) is 105 cm³/mol. The van der Waals surface area contributed by atoms with Crippen LogP contribution in [0.2, 0.25) is 0 Å². The molecule has 9 nitrogen and oxygen atoms in total. The number of carbonyl (C=O) groups excluding carboxylic acids is 2. The van der Waals surface area contributed by atoms with Gasteiger partial charge in [0.05, 0.1) is 32.0 Å². The number of nitrogens with zero attached hydrogens (tertiary/aromatic N) is 4. The van der Waals surface area contributed by atoms with E-state index in [1.165, 1.54) is 17.0 Å². The Bertz CT molecular complexity index is 935. The predicted octanol–water partition coefficient (Wildman–Crippen LogP) is 1.68. The molecule has 0 aliphatic carbocycles. The molecule has 1 aromatic heterocycles. The number of benzene rings is 1. The number of hydrogen-bond acceptors (Lipinski definition) is 5. The van der Waals surface area contributed by atoms with Crippen LogP contribution in [0.4, 0.5) is 14.9 Å². The van der Waals surface area contributed by atoms with E-state index < -0.39 is 17.6 Å². The van der Waals surface area contributed by atoms with E-state index in [4.69, 9.17) is 9.47 Å². The van der Waals surface area contributed by atoms with E-state index >= 15 is 0 Å². The number of rotatable bonds is 2. The summed E-state index contributed by atoms with van der Waals surface area (Å²) in [6.07, 6.45) is 3.93. The van der Waals surface area contributed by atoms with E-state index in [9.17, 15) is 14.0 Å². The number of aromatic nitrogens is 2. The quantitative estimate of drug-likeness (QED) is 0.803. The van der Waals surface area contributed by atoms with Crippen molar-refractivity contribution in [2.24, 2.45) is 7.05 Å². The minimum Gasteiger partial charge on any atom is -0.347 e. The molecular weight excluding hydrogens is 393 g/mol. The molecule has 2 aliphatic rings. The molecular formula is C20H24FN5O4. The molecule has 2 fully saturated rings. The smallest absolute Gasteiger partial charge is 0.322 e. The summed E-state index contributed by atoms with van der Waals surface area (Å²) in [5.74, 6) is -1.53. The first kappa shape index (κ1) is 20.3. The second-order valence-electron chi connectivity index (χ2n) is 7.38. The SMILES string of the molecule is Cn1ccnc1C(=O)N1CCCOC2(CN(C(=O)Nc3ccccc3F)CCO2)C1. The molecule has 30 heavy (non-hydrogen) atoms. The van der Waals surface area contributed by atoms with Gasteiger partial charge in [0.25, 0.3) is 5.91 Å². The number of para-hydroxylation sites is 1. The summed E-state index contributed by atoms with van der Waals surface area (Å²) in [7, 11) is 1.76. The zero-order valence-corrected chi connectivity index (χ0v) is 16.7. The van der Waals surface area contributed by atoms with Crippen LogP contribution >= 0.6 is 0 Å². The van der Waals surface area contributed by atoms with Crippen LogP contribution < -0.4 is 5.32 Å². The number of ether oxygens (including phenoxy) is 2. The number of halogens is 1. The van der Waals surface area contributed by atoms with Crippen molar-refractivity contribution in [2.45, 2.75) is 12.2 Å². The highest BCUT2D eigenvalue weighted by atomic mass is 19.1. The van der Waals surface area contributed by atoms with Gasteiger partial charge in [0.1, 0.15) is 5.82 Å². The molecule has 1 N–H and O–H groups in total. The van der Waals surface area contributed by atoms with Crippen molar-refractivity contribution < 1.29 is 23.5 Å². The van der Waals surface area contributed by atoms with Crippen LogP contribution in [0.15, 0.2) is 36.7 Å². The topological polar surface area (TPSA) is 88.9 Å². The molecule has 3 amide bonds. The van der Waals surface area contributed by atoms with Gasteiger partial charge < -0.3 is 29.2 Å². The van der Waals surface area contributed by atoms with E-state index in [1.54, 1.807) is 41.0 Å². The Labute approximate surface area is 173 Å². The Morgan fingerprint density at radius 2 is 1.90 bits per heavy atom. The molecule has 0 bridgehead atoms. The Morgan fingerprint density at radius 3 is 2.67 bits per heavy atom. The van der Waals surface area contributed by atoms with Gasteiger partial charge >= 0.3 is 6.03 Å². The van der Waals surface area contributed by atoms with Gasteiger partial charge in [0.15, 0.2) is 5.82 Å². The van der Waals surface area contributed by atoms with E-state index in [2.05, 4.69) is 10.3 Å². The van der Waals surface area contributed by atoms with E-state index in [1.807, 2.05) is 0 Å². The number of aryl methyl sites for hydroxylation is 1. The van der Waals surface area contributed by atoms with Crippen molar-refractivity contribution in [3.63, 3.8) is 0 Å². The number of amides is 3. The van der Waals surface area contributed by atoms with Gasteiger partial charge in [-0.05, 0) is 18.6 Å². The molecule has 0 radical (unpaired) electrons. The van der Waals surface area contributed by atoms with Crippen LogP contribution in [0.25, 0.3) is 0 Å². The first-order chi connectivity index (χ1) is 14.5. The molecule has 4 rings (SSSR count). The number of morpholine rings is 1. The van der Waals surface area contributed by atoms with Crippen molar-refractivity contribution in [2.75, 3.05) is 44.7 Å². The maximum atomic E-state index is 13.9. The molecule has 2 aliphatic heterocycles. The summed E-state index contributed by atoms with van der Waals surface area (Å²) < 4.78 is 27.5. The van der Waals surface area contributed by atoms with Crippen molar-refractivity contribution in [1.29, 1.82) is 0 Å². The van der Waals surface area contributed by atoms with Crippen molar-refractivity contribution in [1.82, 2.24) is 19.4 Å². The highest BCUT2D eigenvalue weighted by Gasteiger charge is 2.43. The monoisotopic (exact) mass is 417 g/mol. The fourth-order valence-corrected chi connectivity index (χ4v) is 3.69. The second kappa shape index (κ2) is 8.41. The van der Waals surface area contributed by atoms with Crippen LogP contribution in [-0.2, 0) is 16.5 Å². The Kier molecular flexibility index (Phi) is 5.69. The summed E-state index contributed by atoms with van der Waals surface area (Å²) >= 11 is 0. The lowest BCUT2D eigenvalue weighted by Crippen LogP contribution is -2.60. The minimum atomic E-state index is -1.14. The summed E-state index contributed by atoms with van der Waals surface area (Å²) in [4.78, 5) is 33.0. The molecule has 1 atom stereocenters. The summed E-state index contributed by atoms with van der Waals surface area (Å²) in [5.41, 5.74) is 0.108. The number of imidazole rings is 1. The molecule has 1 spiro atoms. The maximum Gasteiger partial charge on any atom is 0.322 e. The molecule has 3 heterocycles. The molecule has 10 heteroatoms. The minimum absolute atomic E-state index is 0.108. The van der Waals surface area contributed by atoms with Gasteiger partial charge in [-0.15, -0.1) is 0 Å². The number of carbonyl (C=O) groups is 2. The van der Waals surface area contributed by atoms with Gasteiger partial charge in [0, 0.05) is 32.5 Å². The fraction of sp³-hybridized carbons (Fsp3) is 0.450. The number of urea groups is 1. The van der Waals surface area contributed by atoms with Gasteiger partial charge in [-0.25, -0.2) is 14.2 Å². The molecule has 0 saturated carbocycles. The van der Waals surface area contributed by atoms with Gasteiger partial charge in [-0.2, -0.15) is 0 Å². The number of anilines is 1. The van der Waals surface area contributed by atoms with Gasteiger partial charge in [-0.1, -0.05) is 12.1 Å². The van der Waals surface area contributed by atoms with Crippen molar-refractivity contribution in [3.8, 4) is 0 Å². The standard InChI is InChI=1S/C20H24FN5O4/c1-24-9-7-22-17(24)18(27)25-8-4-11-29-20(13-25)14-26(10-12-30-20)19(28)23-16-6-3-2-5-15(16)21/h2-3,5-7,9H,4,8,10-14H2,1H3,(H,23,28). The summed E-state index contributed by atoms with van der Waals surface area (Å²) in [6, 6.07) is 5.54. The third kappa shape index (κ3) is 4.14. The Balaban J connectivity index is 1.48. The lowest BCUT2D eigenvalue weighted by atomic mass is 10.2. The van der Waals surface area contributed by atoms with Gasteiger partial charge in [-0.3, -0.25) is 4.79 Å². The molecule has 1 unspecified atom stereocenters. The van der Waals surface area contributed by atoms with Crippen LogP contribution in [0.3, 0.4) is 0 Å².